The predicted molar refractivity (Wildman–Crippen MR) is 83.7 cm³/mol. The van der Waals surface area contributed by atoms with Crippen molar-refractivity contribution in [2.24, 2.45) is 0 Å². The number of carboxylic acid groups (broad SMARTS) is 1. The molecule has 1 aromatic heterocycles. The summed E-state index contributed by atoms with van der Waals surface area (Å²) in [6, 6.07) is 7.37. The first kappa shape index (κ1) is 16.0. The molecule has 0 radical (unpaired) electrons. The molecule has 0 saturated carbocycles. The second-order valence-corrected chi connectivity index (χ2v) is 5.63. The van der Waals surface area contributed by atoms with Crippen molar-refractivity contribution in [1.82, 2.24) is 5.32 Å². The molecule has 0 atom stereocenters. The van der Waals surface area contributed by atoms with Gasteiger partial charge in [-0.05, 0) is 29.6 Å². The molecule has 2 aromatic rings. The lowest BCUT2D eigenvalue weighted by Crippen LogP contribution is -2.32. The Morgan fingerprint density at radius 2 is 2.00 bits per heavy atom. The summed E-state index contributed by atoms with van der Waals surface area (Å²) in [5.41, 5.74) is 0.214. The van der Waals surface area contributed by atoms with Gasteiger partial charge in [0.15, 0.2) is 0 Å². The monoisotopic (exact) mass is 338 g/mol. The molecule has 114 valence electrons. The number of aromatic carboxylic acids is 1. The van der Waals surface area contributed by atoms with E-state index in [2.05, 4.69) is 10.6 Å². The fraction of sp³-hybridized carbons (Fsp3) is 0.0714. The zero-order valence-electron chi connectivity index (χ0n) is 11.1. The van der Waals surface area contributed by atoms with Crippen molar-refractivity contribution in [1.29, 1.82) is 0 Å². The number of thiophene rings is 1. The fourth-order valence-electron chi connectivity index (χ4n) is 1.65. The summed E-state index contributed by atoms with van der Waals surface area (Å²) < 4.78 is 0. The Labute approximate surface area is 134 Å². The number of amides is 2. The van der Waals surface area contributed by atoms with Crippen molar-refractivity contribution in [3.63, 3.8) is 0 Å². The van der Waals surface area contributed by atoms with Crippen LogP contribution in [0.15, 0.2) is 35.7 Å². The van der Waals surface area contributed by atoms with Crippen LogP contribution >= 0.6 is 22.9 Å². The summed E-state index contributed by atoms with van der Waals surface area (Å²) in [6.07, 6.45) is 0. The maximum Gasteiger partial charge on any atom is 0.335 e. The SMILES string of the molecule is O=C(CNC(=O)c1cccs1)Nc1cc(Cl)cc(C(=O)O)c1. The van der Waals surface area contributed by atoms with Gasteiger partial charge < -0.3 is 15.7 Å². The van der Waals surface area contributed by atoms with Crippen LogP contribution in [0.25, 0.3) is 0 Å². The molecule has 0 unspecified atom stereocenters. The van der Waals surface area contributed by atoms with Crippen LogP contribution in [0.5, 0.6) is 0 Å². The molecule has 0 aliphatic rings. The highest BCUT2D eigenvalue weighted by atomic mass is 35.5. The number of benzene rings is 1. The Balaban J connectivity index is 1.95. The Hall–Kier alpha value is -2.38. The number of carbonyl (C=O) groups is 3. The average Bonchev–Trinajstić information content (AvgIpc) is 2.98. The van der Waals surface area contributed by atoms with Gasteiger partial charge in [0.05, 0.1) is 17.0 Å². The third-order valence-corrected chi connectivity index (χ3v) is 3.67. The molecule has 0 saturated heterocycles. The van der Waals surface area contributed by atoms with Gasteiger partial charge in [0, 0.05) is 10.7 Å². The van der Waals surface area contributed by atoms with E-state index in [1.165, 1.54) is 29.5 Å². The largest absolute Gasteiger partial charge is 0.478 e. The fourth-order valence-corrected chi connectivity index (χ4v) is 2.52. The number of hydrogen-bond acceptors (Lipinski definition) is 4. The number of carboxylic acids is 1. The van der Waals surface area contributed by atoms with Gasteiger partial charge in [0.2, 0.25) is 5.91 Å². The van der Waals surface area contributed by atoms with E-state index in [4.69, 9.17) is 16.7 Å². The Morgan fingerprint density at radius 1 is 1.23 bits per heavy atom. The van der Waals surface area contributed by atoms with E-state index >= 15 is 0 Å². The highest BCUT2D eigenvalue weighted by molar-refractivity contribution is 7.12. The van der Waals surface area contributed by atoms with Gasteiger partial charge in [-0.2, -0.15) is 0 Å². The van der Waals surface area contributed by atoms with Crippen molar-refractivity contribution in [2.45, 2.75) is 0 Å². The van der Waals surface area contributed by atoms with Crippen LogP contribution in [0.1, 0.15) is 20.0 Å². The van der Waals surface area contributed by atoms with Crippen molar-refractivity contribution in [3.8, 4) is 0 Å². The average molecular weight is 339 g/mol. The van der Waals surface area contributed by atoms with Gasteiger partial charge in [-0.25, -0.2) is 4.79 Å². The molecule has 0 aliphatic heterocycles. The molecule has 8 heteroatoms. The normalized spacial score (nSPS) is 10.0. The van der Waals surface area contributed by atoms with Crippen LogP contribution < -0.4 is 10.6 Å². The summed E-state index contributed by atoms with van der Waals surface area (Å²) in [6.45, 7) is -0.231. The number of carbonyl (C=O) groups excluding carboxylic acids is 2. The topological polar surface area (TPSA) is 95.5 Å². The van der Waals surface area contributed by atoms with Crippen LogP contribution in [0.3, 0.4) is 0 Å². The molecule has 6 nitrogen and oxygen atoms in total. The number of hydrogen-bond donors (Lipinski definition) is 3. The first-order chi connectivity index (χ1) is 10.5. The molecule has 2 amide bonds. The van der Waals surface area contributed by atoms with E-state index in [9.17, 15) is 14.4 Å². The molecule has 1 aromatic carbocycles. The van der Waals surface area contributed by atoms with Crippen LogP contribution in [0.4, 0.5) is 5.69 Å². The molecule has 0 bridgehead atoms. The smallest absolute Gasteiger partial charge is 0.335 e. The van der Waals surface area contributed by atoms with Gasteiger partial charge in [-0.15, -0.1) is 11.3 Å². The molecule has 1 heterocycles. The van der Waals surface area contributed by atoms with Gasteiger partial charge in [0.1, 0.15) is 0 Å². The first-order valence-electron chi connectivity index (χ1n) is 6.11. The summed E-state index contributed by atoms with van der Waals surface area (Å²) in [5.74, 6) is -1.98. The quantitative estimate of drug-likeness (QED) is 0.780. The minimum atomic E-state index is -1.15. The molecule has 0 aliphatic carbocycles. The van der Waals surface area contributed by atoms with E-state index in [1.807, 2.05) is 0 Å². The van der Waals surface area contributed by atoms with Crippen LogP contribution in [-0.2, 0) is 4.79 Å². The van der Waals surface area contributed by atoms with Crippen LogP contribution in [-0.4, -0.2) is 29.4 Å². The third kappa shape index (κ3) is 4.31. The van der Waals surface area contributed by atoms with Crippen molar-refractivity contribution < 1.29 is 19.5 Å². The lowest BCUT2D eigenvalue weighted by atomic mass is 10.2. The van der Waals surface area contributed by atoms with E-state index < -0.39 is 11.9 Å². The number of nitrogens with one attached hydrogen (secondary N) is 2. The van der Waals surface area contributed by atoms with Crippen molar-refractivity contribution in [3.05, 3.63) is 51.2 Å². The van der Waals surface area contributed by atoms with E-state index in [0.29, 0.717) is 4.88 Å². The van der Waals surface area contributed by atoms with Gasteiger partial charge in [-0.1, -0.05) is 17.7 Å². The minimum absolute atomic E-state index is 0.0366. The van der Waals surface area contributed by atoms with E-state index in [0.717, 1.165) is 0 Å². The Morgan fingerprint density at radius 3 is 2.64 bits per heavy atom. The second kappa shape index (κ2) is 7.06. The van der Waals surface area contributed by atoms with Gasteiger partial charge in [0.25, 0.3) is 5.91 Å². The summed E-state index contributed by atoms with van der Waals surface area (Å²) in [5, 5.41) is 15.8. The van der Waals surface area contributed by atoms with Crippen LogP contribution in [0, 0.1) is 0 Å². The zero-order valence-corrected chi connectivity index (χ0v) is 12.7. The Kier molecular flexibility index (Phi) is 5.13. The molecular weight excluding hydrogens is 328 g/mol. The van der Waals surface area contributed by atoms with Crippen molar-refractivity contribution in [2.75, 3.05) is 11.9 Å². The summed E-state index contributed by atoms with van der Waals surface area (Å²) in [7, 11) is 0. The number of rotatable bonds is 5. The lowest BCUT2D eigenvalue weighted by Gasteiger charge is -2.08. The van der Waals surface area contributed by atoms with Crippen molar-refractivity contribution >= 4 is 46.4 Å². The molecule has 2 rings (SSSR count). The molecule has 3 N–H and O–H groups in total. The molecule has 0 spiro atoms. The van der Waals surface area contributed by atoms with E-state index in [1.54, 1.807) is 17.5 Å². The number of anilines is 1. The first-order valence-corrected chi connectivity index (χ1v) is 7.37. The summed E-state index contributed by atoms with van der Waals surface area (Å²) in [4.78, 5) is 34.9. The highest BCUT2D eigenvalue weighted by Gasteiger charge is 2.11. The molecular formula is C14H11ClN2O4S. The standard InChI is InChI=1S/C14H11ClN2O4S/c15-9-4-8(14(20)21)5-10(6-9)17-12(18)7-16-13(19)11-2-1-3-22-11/h1-6H,7H2,(H,16,19)(H,17,18)(H,20,21). The van der Waals surface area contributed by atoms with Crippen LogP contribution in [0.2, 0.25) is 5.02 Å². The maximum absolute atomic E-state index is 11.8. The predicted octanol–water partition coefficient (Wildman–Crippen LogP) is 2.47. The summed E-state index contributed by atoms with van der Waals surface area (Å²) >= 11 is 7.06. The maximum atomic E-state index is 11.8. The lowest BCUT2D eigenvalue weighted by molar-refractivity contribution is -0.115. The Bertz CT molecular complexity index is 716. The third-order valence-electron chi connectivity index (χ3n) is 2.58. The minimum Gasteiger partial charge on any atom is -0.478 e. The van der Waals surface area contributed by atoms with E-state index in [-0.39, 0.29) is 28.7 Å². The van der Waals surface area contributed by atoms with Gasteiger partial charge >= 0.3 is 5.97 Å². The number of halogens is 1. The second-order valence-electron chi connectivity index (χ2n) is 4.24. The van der Waals surface area contributed by atoms with Gasteiger partial charge in [-0.3, -0.25) is 9.59 Å². The molecule has 0 fully saturated rings. The highest BCUT2D eigenvalue weighted by Crippen LogP contribution is 2.19. The zero-order chi connectivity index (χ0) is 16.1. The molecule has 22 heavy (non-hydrogen) atoms.